The number of benzene rings is 1. The highest BCUT2D eigenvalue weighted by Gasteiger charge is 2.22. The molecule has 6 heteroatoms. The van der Waals surface area contributed by atoms with Gasteiger partial charge in [-0.15, -0.1) is 0 Å². The van der Waals surface area contributed by atoms with Gasteiger partial charge in [-0.05, 0) is 22.9 Å². The molecule has 0 aliphatic carbocycles. The van der Waals surface area contributed by atoms with Gasteiger partial charge in [0, 0.05) is 18.7 Å². The average molecular weight is 338 g/mol. The molecule has 0 saturated carbocycles. The first-order valence-electron chi connectivity index (χ1n) is 6.38. The van der Waals surface area contributed by atoms with Crippen LogP contribution in [-0.4, -0.2) is 45.8 Å². The Morgan fingerprint density at radius 1 is 1.40 bits per heavy atom. The Labute approximate surface area is 125 Å². The molecule has 2 rings (SSSR count). The Balaban J connectivity index is 2.31. The van der Waals surface area contributed by atoms with Gasteiger partial charge < -0.3 is 10.0 Å². The molecule has 1 aromatic heterocycles. The van der Waals surface area contributed by atoms with Crippen molar-refractivity contribution in [2.24, 2.45) is 0 Å². The molecule has 2 aromatic rings. The summed E-state index contributed by atoms with van der Waals surface area (Å²) in [5.74, 6) is -0.178. The second-order valence-corrected chi connectivity index (χ2v) is 5.03. The Kier molecular flexibility index (Phi) is 4.92. The van der Waals surface area contributed by atoms with Gasteiger partial charge in [0.25, 0.3) is 5.91 Å². The number of halogens is 1. The minimum absolute atomic E-state index is 0.0587. The average Bonchev–Trinajstić information content (AvgIpc) is 2.86. The molecule has 0 aliphatic heterocycles. The molecule has 2 N–H and O–H groups in total. The van der Waals surface area contributed by atoms with Crippen LogP contribution in [0.4, 0.5) is 0 Å². The second-order valence-electron chi connectivity index (χ2n) is 4.24. The SMILES string of the molecule is CCN(CCO)C(=O)c1[nH]nc(-c2ccccc2)c1Br. The number of aromatic nitrogens is 2. The summed E-state index contributed by atoms with van der Waals surface area (Å²) in [7, 11) is 0. The lowest BCUT2D eigenvalue weighted by atomic mass is 10.1. The van der Waals surface area contributed by atoms with E-state index >= 15 is 0 Å². The fourth-order valence-corrected chi connectivity index (χ4v) is 2.52. The molecule has 0 bridgehead atoms. The topological polar surface area (TPSA) is 69.2 Å². The lowest BCUT2D eigenvalue weighted by Crippen LogP contribution is -2.33. The monoisotopic (exact) mass is 337 g/mol. The minimum atomic E-state index is -0.178. The molecular weight excluding hydrogens is 322 g/mol. The normalized spacial score (nSPS) is 10.6. The quantitative estimate of drug-likeness (QED) is 0.879. The van der Waals surface area contributed by atoms with Crippen molar-refractivity contribution in [2.75, 3.05) is 19.7 Å². The maximum Gasteiger partial charge on any atom is 0.273 e. The summed E-state index contributed by atoms with van der Waals surface area (Å²) in [6.07, 6.45) is 0. The number of hydrogen-bond donors (Lipinski definition) is 2. The molecule has 5 nitrogen and oxygen atoms in total. The Hall–Kier alpha value is -1.66. The van der Waals surface area contributed by atoms with Crippen LogP contribution >= 0.6 is 15.9 Å². The summed E-state index contributed by atoms with van der Waals surface area (Å²) < 4.78 is 0.644. The third-order valence-electron chi connectivity index (χ3n) is 3.01. The van der Waals surface area contributed by atoms with E-state index < -0.39 is 0 Å². The second kappa shape index (κ2) is 6.67. The number of amides is 1. The first-order chi connectivity index (χ1) is 9.69. The summed E-state index contributed by atoms with van der Waals surface area (Å²) in [5, 5.41) is 16.0. The number of carbonyl (C=O) groups is 1. The van der Waals surface area contributed by atoms with E-state index in [9.17, 15) is 4.79 Å². The number of hydrogen-bond acceptors (Lipinski definition) is 3. The van der Waals surface area contributed by atoms with Gasteiger partial charge in [-0.1, -0.05) is 30.3 Å². The number of aliphatic hydroxyl groups excluding tert-OH is 1. The molecule has 106 valence electrons. The number of carbonyl (C=O) groups excluding carboxylic acids is 1. The first kappa shape index (κ1) is 14.7. The maximum atomic E-state index is 12.3. The van der Waals surface area contributed by atoms with Crippen LogP contribution in [0.5, 0.6) is 0 Å². The summed E-state index contributed by atoms with van der Waals surface area (Å²) in [6, 6.07) is 9.63. The Morgan fingerprint density at radius 2 is 2.10 bits per heavy atom. The third-order valence-corrected chi connectivity index (χ3v) is 3.78. The minimum Gasteiger partial charge on any atom is -0.395 e. The van der Waals surface area contributed by atoms with Gasteiger partial charge in [0.05, 0.1) is 11.1 Å². The Bertz CT molecular complexity index is 583. The lowest BCUT2D eigenvalue weighted by molar-refractivity contribution is 0.0725. The van der Waals surface area contributed by atoms with Crippen LogP contribution in [0.15, 0.2) is 34.8 Å². The van der Waals surface area contributed by atoms with Crippen LogP contribution < -0.4 is 0 Å². The smallest absolute Gasteiger partial charge is 0.273 e. The predicted molar refractivity (Wildman–Crippen MR) is 80.4 cm³/mol. The van der Waals surface area contributed by atoms with Gasteiger partial charge in [-0.2, -0.15) is 5.10 Å². The molecule has 0 aliphatic rings. The number of aromatic amines is 1. The molecule has 0 unspecified atom stereocenters. The predicted octanol–water partition coefficient (Wildman–Crippen LogP) is 2.29. The van der Waals surface area contributed by atoms with Crippen molar-refractivity contribution in [1.29, 1.82) is 0 Å². The summed E-state index contributed by atoms with van der Waals surface area (Å²) in [5.41, 5.74) is 2.04. The van der Waals surface area contributed by atoms with Gasteiger partial charge in [0.1, 0.15) is 11.4 Å². The Morgan fingerprint density at radius 3 is 2.70 bits per heavy atom. The highest BCUT2D eigenvalue weighted by atomic mass is 79.9. The van der Waals surface area contributed by atoms with E-state index in [0.717, 1.165) is 5.56 Å². The van der Waals surface area contributed by atoms with Crippen LogP contribution in [0, 0.1) is 0 Å². The van der Waals surface area contributed by atoms with Crippen molar-refractivity contribution in [3.8, 4) is 11.3 Å². The zero-order valence-corrected chi connectivity index (χ0v) is 12.7. The van der Waals surface area contributed by atoms with E-state index in [0.29, 0.717) is 29.0 Å². The fraction of sp³-hybridized carbons (Fsp3) is 0.286. The van der Waals surface area contributed by atoms with Gasteiger partial charge in [0.15, 0.2) is 0 Å². The summed E-state index contributed by atoms with van der Waals surface area (Å²) in [4.78, 5) is 13.9. The highest BCUT2D eigenvalue weighted by Crippen LogP contribution is 2.29. The molecule has 0 saturated heterocycles. The number of aliphatic hydroxyl groups is 1. The molecular formula is C14H16BrN3O2. The van der Waals surface area contributed by atoms with Gasteiger partial charge in [-0.25, -0.2) is 0 Å². The van der Waals surface area contributed by atoms with Gasteiger partial charge in [-0.3, -0.25) is 9.89 Å². The number of nitrogens with zero attached hydrogens (tertiary/aromatic N) is 2. The van der Waals surface area contributed by atoms with Crippen molar-refractivity contribution in [2.45, 2.75) is 6.92 Å². The molecule has 1 amide bonds. The van der Waals surface area contributed by atoms with Crippen LogP contribution in [0.2, 0.25) is 0 Å². The molecule has 0 atom stereocenters. The van der Waals surface area contributed by atoms with E-state index in [1.807, 2.05) is 37.3 Å². The van der Waals surface area contributed by atoms with E-state index in [4.69, 9.17) is 5.11 Å². The highest BCUT2D eigenvalue weighted by molar-refractivity contribution is 9.10. The van der Waals surface area contributed by atoms with E-state index in [2.05, 4.69) is 26.1 Å². The van der Waals surface area contributed by atoms with Crippen molar-refractivity contribution in [3.05, 3.63) is 40.5 Å². The van der Waals surface area contributed by atoms with E-state index in [1.54, 1.807) is 4.90 Å². The van der Waals surface area contributed by atoms with E-state index in [1.165, 1.54) is 0 Å². The summed E-state index contributed by atoms with van der Waals surface area (Å²) >= 11 is 3.43. The van der Waals surface area contributed by atoms with Crippen molar-refractivity contribution >= 4 is 21.8 Å². The first-order valence-corrected chi connectivity index (χ1v) is 7.17. The standard InChI is InChI=1S/C14H16BrN3O2/c1-2-18(8-9-19)14(20)13-11(15)12(16-17-13)10-6-4-3-5-7-10/h3-7,19H,2,8-9H2,1H3,(H,16,17). The summed E-state index contributed by atoms with van der Waals surface area (Å²) in [6.45, 7) is 2.65. The molecule has 1 aromatic carbocycles. The molecule has 0 spiro atoms. The lowest BCUT2D eigenvalue weighted by Gasteiger charge is -2.18. The van der Waals surface area contributed by atoms with Crippen LogP contribution in [0.25, 0.3) is 11.3 Å². The molecule has 1 heterocycles. The van der Waals surface area contributed by atoms with Gasteiger partial charge in [0.2, 0.25) is 0 Å². The third kappa shape index (κ3) is 2.91. The fourth-order valence-electron chi connectivity index (χ4n) is 1.94. The van der Waals surface area contributed by atoms with E-state index in [-0.39, 0.29) is 12.5 Å². The van der Waals surface area contributed by atoms with Gasteiger partial charge >= 0.3 is 0 Å². The number of likely N-dealkylation sites (N-methyl/N-ethyl adjacent to an activating group) is 1. The molecule has 20 heavy (non-hydrogen) atoms. The zero-order valence-electron chi connectivity index (χ0n) is 11.1. The number of H-pyrrole nitrogens is 1. The zero-order chi connectivity index (χ0) is 14.5. The van der Waals surface area contributed by atoms with Crippen molar-refractivity contribution in [1.82, 2.24) is 15.1 Å². The van der Waals surface area contributed by atoms with Crippen LogP contribution in [0.1, 0.15) is 17.4 Å². The van der Waals surface area contributed by atoms with Crippen molar-refractivity contribution in [3.63, 3.8) is 0 Å². The number of nitrogens with one attached hydrogen (secondary N) is 1. The van der Waals surface area contributed by atoms with Crippen molar-refractivity contribution < 1.29 is 9.90 Å². The largest absolute Gasteiger partial charge is 0.395 e. The number of rotatable bonds is 5. The van der Waals surface area contributed by atoms with Crippen LogP contribution in [0.3, 0.4) is 0 Å². The maximum absolute atomic E-state index is 12.3. The molecule has 0 radical (unpaired) electrons. The van der Waals surface area contributed by atoms with Crippen LogP contribution in [-0.2, 0) is 0 Å². The molecule has 0 fully saturated rings.